The van der Waals surface area contributed by atoms with Crippen LogP contribution < -0.4 is 10.6 Å². The van der Waals surface area contributed by atoms with Crippen LogP contribution in [-0.4, -0.2) is 46.5 Å². The molecule has 0 unspecified atom stereocenters. The van der Waals surface area contributed by atoms with E-state index in [1.54, 1.807) is 13.8 Å². The van der Waals surface area contributed by atoms with Crippen molar-refractivity contribution in [3.8, 4) is 0 Å². The fraction of sp³-hybridized carbons (Fsp3) is 0.773. The summed E-state index contributed by atoms with van der Waals surface area (Å²) in [4.78, 5) is 31.5. The summed E-state index contributed by atoms with van der Waals surface area (Å²) in [7, 11) is 0. The van der Waals surface area contributed by atoms with Crippen molar-refractivity contribution in [1.29, 1.82) is 0 Å². The molecule has 4 aliphatic carbocycles. The van der Waals surface area contributed by atoms with Gasteiger partial charge in [0.05, 0.1) is 0 Å². The van der Waals surface area contributed by atoms with E-state index < -0.39 is 0 Å². The molecule has 0 spiro atoms. The Kier molecular flexibility index (Phi) is 4.59. The molecular formula is C22H32N4O3. The zero-order valence-electron chi connectivity index (χ0n) is 17.5. The highest BCUT2D eigenvalue weighted by Gasteiger charge is 2.51. The Morgan fingerprint density at radius 3 is 2.14 bits per heavy atom. The minimum Gasteiger partial charge on any atom is -0.445 e. The van der Waals surface area contributed by atoms with E-state index in [1.165, 1.54) is 19.3 Å². The summed E-state index contributed by atoms with van der Waals surface area (Å²) < 4.78 is 5.39. The van der Waals surface area contributed by atoms with Gasteiger partial charge in [0.15, 0.2) is 11.6 Å². The Morgan fingerprint density at radius 1 is 1.03 bits per heavy atom. The molecule has 0 atom stereocenters. The molecule has 4 bridgehead atoms. The monoisotopic (exact) mass is 400 g/mol. The number of piperidine rings is 1. The SMILES string of the molecule is Cc1nc(C(=O)N2CCC(NC(=O)NC34CC5CC(CC(C5)C3)C4)CC2)c(C)o1. The number of urea groups is 1. The quantitative estimate of drug-likeness (QED) is 0.816. The van der Waals surface area contributed by atoms with Gasteiger partial charge >= 0.3 is 6.03 Å². The van der Waals surface area contributed by atoms with E-state index in [0.717, 1.165) is 49.9 Å². The number of hydrogen-bond donors (Lipinski definition) is 2. The standard InChI is InChI=1S/C22H32N4O3/c1-13-19(23-14(2)29-13)20(27)26-5-3-18(4-6-26)24-21(28)25-22-10-15-7-16(11-22)9-17(8-15)12-22/h15-18H,3-12H2,1-2H3,(H2,24,25,28). The van der Waals surface area contributed by atoms with Crippen LogP contribution in [0.15, 0.2) is 4.42 Å². The van der Waals surface area contributed by atoms with E-state index in [4.69, 9.17) is 4.42 Å². The number of amides is 3. The summed E-state index contributed by atoms with van der Waals surface area (Å²) in [6.07, 6.45) is 9.16. The van der Waals surface area contributed by atoms with Gasteiger partial charge in [-0.1, -0.05) is 0 Å². The Bertz CT molecular complexity index is 774. The molecule has 2 heterocycles. The molecule has 1 aromatic heterocycles. The molecule has 5 aliphatic rings. The molecule has 158 valence electrons. The fourth-order valence-electron chi connectivity index (χ4n) is 6.83. The highest BCUT2D eigenvalue weighted by Crippen LogP contribution is 2.55. The number of oxazole rings is 1. The first-order valence-corrected chi connectivity index (χ1v) is 11.2. The summed E-state index contributed by atoms with van der Waals surface area (Å²) in [5.74, 6) is 3.47. The third-order valence-electron chi connectivity index (χ3n) is 7.64. The highest BCUT2D eigenvalue weighted by molar-refractivity contribution is 5.93. The van der Waals surface area contributed by atoms with Crippen LogP contribution >= 0.6 is 0 Å². The molecule has 29 heavy (non-hydrogen) atoms. The number of hydrogen-bond acceptors (Lipinski definition) is 4. The molecule has 5 fully saturated rings. The smallest absolute Gasteiger partial charge is 0.315 e. The molecule has 3 amide bonds. The number of nitrogens with one attached hydrogen (secondary N) is 2. The topological polar surface area (TPSA) is 87.5 Å². The van der Waals surface area contributed by atoms with Crippen molar-refractivity contribution < 1.29 is 14.0 Å². The lowest BCUT2D eigenvalue weighted by Gasteiger charge is -2.56. The number of carbonyl (C=O) groups is 2. The average molecular weight is 401 g/mol. The van der Waals surface area contributed by atoms with E-state index >= 15 is 0 Å². The lowest BCUT2D eigenvalue weighted by atomic mass is 9.53. The second kappa shape index (κ2) is 7.03. The van der Waals surface area contributed by atoms with Crippen LogP contribution in [0.5, 0.6) is 0 Å². The first-order chi connectivity index (χ1) is 13.9. The second-order valence-corrected chi connectivity index (χ2v) is 10.0. The summed E-state index contributed by atoms with van der Waals surface area (Å²) in [5, 5.41) is 6.58. The van der Waals surface area contributed by atoms with Crippen molar-refractivity contribution in [1.82, 2.24) is 20.5 Å². The van der Waals surface area contributed by atoms with Crippen molar-refractivity contribution >= 4 is 11.9 Å². The Labute approximate surface area is 172 Å². The van der Waals surface area contributed by atoms with Crippen molar-refractivity contribution in [2.45, 2.75) is 76.8 Å². The molecular weight excluding hydrogens is 368 g/mol. The number of aryl methyl sites for hydroxylation is 2. The molecule has 6 rings (SSSR count). The molecule has 0 radical (unpaired) electrons. The molecule has 1 aromatic rings. The van der Waals surface area contributed by atoms with Gasteiger partial charge in [-0.2, -0.15) is 0 Å². The van der Waals surface area contributed by atoms with Gasteiger partial charge in [0.1, 0.15) is 5.76 Å². The number of nitrogens with zero attached hydrogens (tertiary/aromatic N) is 2. The van der Waals surface area contributed by atoms with Crippen LogP contribution in [0.25, 0.3) is 0 Å². The van der Waals surface area contributed by atoms with Gasteiger partial charge in [0, 0.05) is 31.6 Å². The summed E-state index contributed by atoms with van der Waals surface area (Å²) in [6, 6.07) is 0.104. The van der Waals surface area contributed by atoms with Gasteiger partial charge in [0.25, 0.3) is 5.91 Å². The zero-order valence-corrected chi connectivity index (χ0v) is 17.5. The maximum Gasteiger partial charge on any atom is 0.315 e. The van der Waals surface area contributed by atoms with Crippen molar-refractivity contribution in [2.75, 3.05) is 13.1 Å². The summed E-state index contributed by atoms with van der Waals surface area (Å²) in [5.41, 5.74) is 0.450. The van der Waals surface area contributed by atoms with Crippen molar-refractivity contribution in [3.05, 3.63) is 17.3 Å². The van der Waals surface area contributed by atoms with Gasteiger partial charge < -0.3 is 20.0 Å². The molecule has 0 aromatic carbocycles. The summed E-state index contributed by atoms with van der Waals surface area (Å²) in [6.45, 7) is 4.79. The van der Waals surface area contributed by atoms with Gasteiger partial charge in [-0.3, -0.25) is 4.79 Å². The number of rotatable bonds is 3. The van der Waals surface area contributed by atoms with Gasteiger partial charge in [0.2, 0.25) is 0 Å². The van der Waals surface area contributed by atoms with E-state index in [2.05, 4.69) is 15.6 Å². The number of aromatic nitrogens is 1. The first-order valence-electron chi connectivity index (χ1n) is 11.2. The highest BCUT2D eigenvalue weighted by atomic mass is 16.4. The minimum atomic E-state index is -0.0733. The molecule has 7 nitrogen and oxygen atoms in total. The second-order valence-electron chi connectivity index (χ2n) is 10.0. The Morgan fingerprint density at radius 2 is 1.62 bits per heavy atom. The van der Waals surface area contributed by atoms with E-state index in [0.29, 0.717) is 30.4 Å². The van der Waals surface area contributed by atoms with Crippen LogP contribution in [0, 0.1) is 31.6 Å². The third-order valence-corrected chi connectivity index (χ3v) is 7.64. The lowest BCUT2D eigenvalue weighted by molar-refractivity contribution is -0.0137. The van der Waals surface area contributed by atoms with Crippen LogP contribution in [0.2, 0.25) is 0 Å². The van der Waals surface area contributed by atoms with Crippen LogP contribution in [0.3, 0.4) is 0 Å². The minimum absolute atomic E-state index is 0.0142. The maximum atomic E-state index is 12.8. The molecule has 1 saturated heterocycles. The largest absolute Gasteiger partial charge is 0.445 e. The first kappa shape index (κ1) is 18.9. The molecule has 2 N–H and O–H groups in total. The van der Waals surface area contributed by atoms with Crippen LogP contribution in [0.4, 0.5) is 4.79 Å². The van der Waals surface area contributed by atoms with E-state index in [1.807, 2.05) is 4.90 Å². The fourth-order valence-corrected chi connectivity index (χ4v) is 6.83. The maximum absolute atomic E-state index is 12.8. The zero-order chi connectivity index (χ0) is 20.2. The third kappa shape index (κ3) is 3.64. The van der Waals surface area contributed by atoms with Gasteiger partial charge in [-0.15, -0.1) is 0 Å². The van der Waals surface area contributed by atoms with Crippen molar-refractivity contribution in [2.24, 2.45) is 17.8 Å². The van der Waals surface area contributed by atoms with Gasteiger partial charge in [-0.05, 0) is 76.0 Å². The van der Waals surface area contributed by atoms with Crippen LogP contribution in [0.1, 0.15) is 73.5 Å². The van der Waals surface area contributed by atoms with E-state index in [9.17, 15) is 9.59 Å². The molecule has 4 saturated carbocycles. The number of likely N-dealkylation sites (tertiary alicyclic amines) is 1. The predicted octanol–water partition coefficient (Wildman–Crippen LogP) is 3.16. The molecule has 1 aliphatic heterocycles. The lowest BCUT2D eigenvalue weighted by Crippen LogP contribution is -2.62. The van der Waals surface area contributed by atoms with Crippen LogP contribution in [-0.2, 0) is 0 Å². The normalized spacial score (nSPS) is 33.7. The van der Waals surface area contributed by atoms with Gasteiger partial charge in [-0.25, -0.2) is 9.78 Å². The predicted molar refractivity (Wildman–Crippen MR) is 107 cm³/mol. The summed E-state index contributed by atoms with van der Waals surface area (Å²) >= 11 is 0. The van der Waals surface area contributed by atoms with E-state index in [-0.39, 0.29) is 23.5 Å². The van der Waals surface area contributed by atoms with Crippen molar-refractivity contribution in [3.63, 3.8) is 0 Å². The number of carbonyl (C=O) groups excluding carboxylic acids is 2. The molecule has 7 heteroatoms. The Hall–Kier alpha value is -2.05. The Balaban J connectivity index is 1.13. The average Bonchev–Trinajstić information content (AvgIpc) is 2.98.